The van der Waals surface area contributed by atoms with Gasteiger partial charge in [-0.25, -0.2) is 9.97 Å². The molecule has 2 amide bonds. The number of nitrogens with one attached hydrogen (secondary N) is 1. The average molecular weight is 441 g/mol. The molecular formula is C22H24N4O2S2. The zero-order chi connectivity index (χ0) is 21.3. The summed E-state index contributed by atoms with van der Waals surface area (Å²) in [6.45, 7) is 7.10. The molecule has 0 saturated carbocycles. The van der Waals surface area contributed by atoms with Crippen LogP contribution in [0.15, 0.2) is 29.8 Å². The van der Waals surface area contributed by atoms with Crippen molar-refractivity contribution in [1.29, 1.82) is 0 Å². The summed E-state index contributed by atoms with van der Waals surface area (Å²) < 4.78 is 0. The van der Waals surface area contributed by atoms with Gasteiger partial charge in [-0.05, 0) is 39.2 Å². The number of nitrogens with zero attached hydrogens (tertiary/aromatic N) is 3. The summed E-state index contributed by atoms with van der Waals surface area (Å²) in [5.41, 5.74) is 4.16. The van der Waals surface area contributed by atoms with E-state index in [0.717, 1.165) is 34.7 Å². The monoisotopic (exact) mass is 440 g/mol. The first-order valence-corrected chi connectivity index (χ1v) is 11.7. The number of likely N-dealkylation sites (tertiary alicyclic amines) is 1. The van der Waals surface area contributed by atoms with Crippen molar-refractivity contribution < 1.29 is 9.59 Å². The fourth-order valence-corrected chi connectivity index (χ4v) is 5.43. The molecule has 0 aliphatic carbocycles. The van der Waals surface area contributed by atoms with E-state index >= 15 is 0 Å². The van der Waals surface area contributed by atoms with E-state index in [2.05, 4.69) is 47.3 Å². The van der Waals surface area contributed by atoms with Gasteiger partial charge in [0.15, 0.2) is 5.13 Å². The number of benzene rings is 1. The van der Waals surface area contributed by atoms with Crippen LogP contribution in [0.3, 0.4) is 0 Å². The summed E-state index contributed by atoms with van der Waals surface area (Å²) >= 11 is 2.83. The summed E-state index contributed by atoms with van der Waals surface area (Å²) in [7, 11) is 0. The number of amides is 2. The van der Waals surface area contributed by atoms with Crippen LogP contribution in [0.4, 0.5) is 5.13 Å². The lowest BCUT2D eigenvalue weighted by Crippen LogP contribution is -2.43. The van der Waals surface area contributed by atoms with E-state index in [0.29, 0.717) is 23.1 Å². The van der Waals surface area contributed by atoms with E-state index < -0.39 is 0 Å². The number of hydrogen-bond donors (Lipinski definition) is 1. The van der Waals surface area contributed by atoms with Crippen LogP contribution in [0.2, 0.25) is 0 Å². The average Bonchev–Trinajstić information content (AvgIpc) is 3.37. The molecule has 2 aromatic heterocycles. The van der Waals surface area contributed by atoms with Crippen LogP contribution in [0, 0.1) is 26.7 Å². The molecule has 1 fully saturated rings. The molecule has 0 spiro atoms. The molecule has 1 saturated heterocycles. The van der Waals surface area contributed by atoms with E-state index in [1.165, 1.54) is 28.2 Å². The lowest BCUT2D eigenvalue weighted by Gasteiger charge is -2.31. The Labute approximate surface area is 184 Å². The Hall–Kier alpha value is -2.58. The van der Waals surface area contributed by atoms with Crippen molar-refractivity contribution in [3.05, 3.63) is 51.5 Å². The van der Waals surface area contributed by atoms with Crippen molar-refractivity contribution in [2.45, 2.75) is 33.6 Å². The number of carbonyl (C=O) groups excluding carboxylic acids is 2. The van der Waals surface area contributed by atoms with Crippen molar-refractivity contribution in [2.75, 3.05) is 18.4 Å². The third-order valence-electron chi connectivity index (χ3n) is 5.35. The highest BCUT2D eigenvalue weighted by molar-refractivity contribution is 7.17. The molecule has 6 nitrogen and oxygen atoms in total. The summed E-state index contributed by atoms with van der Waals surface area (Å²) in [6, 6.07) is 6.26. The summed E-state index contributed by atoms with van der Waals surface area (Å²) in [6.07, 6.45) is 3.25. The Balaban J connectivity index is 1.50. The maximum absolute atomic E-state index is 13.2. The van der Waals surface area contributed by atoms with Gasteiger partial charge in [-0.2, -0.15) is 0 Å². The van der Waals surface area contributed by atoms with Gasteiger partial charge in [0.25, 0.3) is 5.91 Å². The fraction of sp³-hybridized carbons (Fsp3) is 0.364. The number of carbonyl (C=O) groups is 2. The molecule has 3 heterocycles. The molecule has 1 atom stereocenters. The first kappa shape index (κ1) is 20.7. The predicted octanol–water partition coefficient (Wildman–Crippen LogP) is 4.68. The zero-order valence-electron chi connectivity index (χ0n) is 17.3. The molecule has 30 heavy (non-hydrogen) atoms. The van der Waals surface area contributed by atoms with Gasteiger partial charge in [0.2, 0.25) is 5.91 Å². The van der Waals surface area contributed by atoms with Crippen LogP contribution in [0.5, 0.6) is 0 Å². The van der Waals surface area contributed by atoms with Gasteiger partial charge in [-0.3, -0.25) is 9.59 Å². The molecule has 1 unspecified atom stereocenters. The Kier molecular flexibility index (Phi) is 5.97. The number of hydrogen-bond acceptors (Lipinski definition) is 6. The number of rotatable bonds is 4. The zero-order valence-corrected chi connectivity index (χ0v) is 18.9. The summed E-state index contributed by atoms with van der Waals surface area (Å²) in [5.74, 6) is -0.328. The van der Waals surface area contributed by atoms with Gasteiger partial charge >= 0.3 is 0 Å². The maximum atomic E-state index is 13.2. The molecular weight excluding hydrogens is 416 g/mol. The largest absolute Gasteiger partial charge is 0.337 e. The second-order valence-corrected chi connectivity index (χ2v) is 9.56. The number of piperidine rings is 1. The van der Waals surface area contributed by atoms with E-state index in [1.807, 2.05) is 12.3 Å². The van der Waals surface area contributed by atoms with Crippen molar-refractivity contribution in [2.24, 2.45) is 5.92 Å². The van der Waals surface area contributed by atoms with Gasteiger partial charge in [0.05, 0.1) is 11.6 Å². The van der Waals surface area contributed by atoms with Crippen LogP contribution in [-0.4, -0.2) is 39.8 Å². The van der Waals surface area contributed by atoms with Gasteiger partial charge in [0.1, 0.15) is 9.88 Å². The fourth-order valence-electron chi connectivity index (χ4n) is 3.78. The van der Waals surface area contributed by atoms with Crippen molar-refractivity contribution in [3.63, 3.8) is 0 Å². The van der Waals surface area contributed by atoms with Crippen LogP contribution in [0.1, 0.15) is 39.3 Å². The van der Waals surface area contributed by atoms with Gasteiger partial charge < -0.3 is 10.2 Å². The summed E-state index contributed by atoms with van der Waals surface area (Å²) in [4.78, 5) is 37.1. The van der Waals surface area contributed by atoms with E-state index in [1.54, 1.807) is 11.1 Å². The van der Waals surface area contributed by atoms with E-state index in [4.69, 9.17) is 0 Å². The molecule has 8 heteroatoms. The molecule has 1 N–H and O–H groups in total. The quantitative estimate of drug-likeness (QED) is 0.639. The van der Waals surface area contributed by atoms with Crippen LogP contribution in [0.25, 0.3) is 10.6 Å². The molecule has 0 bridgehead atoms. The molecule has 1 aliphatic heterocycles. The highest BCUT2D eigenvalue weighted by Gasteiger charge is 2.31. The second-order valence-electron chi connectivity index (χ2n) is 7.67. The molecule has 1 aliphatic rings. The molecule has 3 aromatic rings. The SMILES string of the molecule is Cc1ccc(-c2nc(C)c(C(=O)N3CCCC(C(=O)Nc4nccs4)C3)s2)c(C)c1. The van der Waals surface area contributed by atoms with Crippen molar-refractivity contribution >= 4 is 39.6 Å². The van der Waals surface area contributed by atoms with E-state index in [-0.39, 0.29) is 17.7 Å². The standard InChI is InChI=1S/C22H24N4O2S2/c1-13-6-7-17(14(2)11-13)20-24-15(3)18(30-20)21(28)26-9-4-5-16(12-26)19(27)25-22-23-8-10-29-22/h6-8,10-11,16H,4-5,9,12H2,1-3H3,(H,23,25,27). The van der Waals surface area contributed by atoms with Crippen molar-refractivity contribution in [3.8, 4) is 10.6 Å². The number of aryl methyl sites for hydroxylation is 3. The first-order chi connectivity index (χ1) is 14.4. The smallest absolute Gasteiger partial charge is 0.265 e. The molecule has 1 aromatic carbocycles. The lowest BCUT2D eigenvalue weighted by atomic mass is 9.97. The number of anilines is 1. The van der Waals surface area contributed by atoms with Crippen molar-refractivity contribution in [1.82, 2.24) is 14.9 Å². The Morgan fingerprint density at radius 3 is 2.80 bits per heavy atom. The maximum Gasteiger partial charge on any atom is 0.265 e. The van der Waals surface area contributed by atoms with Crippen LogP contribution < -0.4 is 5.32 Å². The van der Waals surface area contributed by atoms with Crippen LogP contribution in [-0.2, 0) is 4.79 Å². The highest BCUT2D eigenvalue weighted by atomic mass is 32.1. The topological polar surface area (TPSA) is 75.2 Å². The lowest BCUT2D eigenvalue weighted by molar-refractivity contribution is -0.121. The number of thiazole rings is 2. The second kappa shape index (κ2) is 8.65. The minimum atomic E-state index is -0.223. The first-order valence-electron chi connectivity index (χ1n) is 9.97. The normalized spacial score (nSPS) is 16.5. The van der Waals surface area contributed by atoms with E-state index in [9.17, 15) is 9.59 Å². The third-order valence-corrected chi connectivity index (χ3v) is 7.21. The number of aromatic nitrogens is 2. The third kappa shape index (κ3) is 4.29. The Morgan fingerprint density at radius 1 is 1.23 bits per heavy atom. The van der Waals surface area contributed by atoms with Crippen LogP contribution >= 0.6 is 22.7 Å². The minimum Gasteiger partial charge on any atom is -0.337 e. The Morgan fingerprint density at radius 2 is 2.07 bits per heavy atom. The minimum absolute atomic E-state index is 0.0345. The molecule has 156 valence electrons. The van der Waals surface area contributed by atoms with Gasteiger partial charge in [-0.1, -0.05) is 23.8 Å². The van der Waals surface area contributed by atoms with Gasteiger partial charge in [-0.15, -0.1) is 22.7 Å². The molecule has 4 rings (SSSR count). The molecule has 0 radical (unpaired) electrons. The predicted molar refractivity (Wildman–Crippen MR) is 121 cm³/mol. The Bertz CT molecular complexity index is 1080. The van der Waals surface area contributed by atoms with Gasteiger partial charge in [0, 0.05) is 30.2 Å². The highest BCUT2D eigenvalue weighted by Crippen LogP contribution is 2.32. The summed E-state index contributed by atoms with van der Waals surface area (Å²) in [5, 5.41) is 6.15.